The monoisotopic (exact) mass is 319 g/mol. The summed E-state index contributed by atoms with van der Waals surface area (Å²) in [6.45, 7) is 8.44. The Hall–Kier alpha value is -1.89. The van der Waals surface area contributed by atoms with E-state index in [1.807, 2.05) is 58.0 Å². The first-order chi connectivity index (χ1) is 10.4. The molecule has 1 unspecified atom stereocenters. The molecule has 0 fully saturated rings. The maximum absolute atomic E-state index is 12.2. The molecule has 0 spiro atoms. The Morgan fingerprint density at radius 2 is 2.00 bits per heavy atom. The zero-order valence-electron chi connectivity index (χ0n) is 13.3. The zero-order valence-corrected chi connectivity index (χ0v) is 14.1. The molecule has 1 atom stereocenters. The second-order valence-corrected chi connectivity index (χ2v) is 7.32. The van der Waals surface area contributed by atoms with Crippen LogP contribution in [0.25, 0.3) is 0 Å². The molecule has 1 heterocycles. The highest BCUT2D eigenvalue weighted by Crippen LogP contribution is 2.25. The fraction of sp³-hybridized carbons (Fsp3) is 0.467. The van der Waals surface area contributed by atoms with Crippen molar-refractivity contribution in [1.82, 2.24) is 25.5 Å². The average molecular weight is 319 g/mol. The Kier molecular flexibility index (Phi) is 5.18. The molecule has 7 heteroatoms. The number of nitrogens with zero attached hydrogens (tertiary/aromatic N) is 4. The van der Waals surface area contributed by atoms with Gasteiger partial charge in [0.15, 0.2) is 0 Å². The highest BCUT2D eigenvalue weighted by atomic mass is 32.2. The van der Waals surface area contributed by atoms with E-state index in [0.717, 1.165) is 5.56 Å². The molecule has 0 saturated heterocycles. The lowest BCUT2D eigenvalue weighted by Gasteiger charge is -2.20. The van der Waals surface area contributed by atoms with Crippen LogP contribution in [0.5, 0.6) is 0 Å². The number of benzene rings is 1. The molecule has 118 valence electrons. The van der Waals surface area contributed by atoms with Crippen molar-refractivity contribution in [2.24, 2.45) is 0 Å². The van der Waals surface area contributed by atoms with E-state index in [-0.39, 0.29) is 16.7 Å². The van der Waals surface area contributed by atoms with Gasteiger partial charge in [-0.05, 0) is 43.7 Å². The van der Waals surface area contributed by atoms with Crippen LogP contribution in [-0.2, 0) is 16.9 Å². The molecule has 0 aliphatic carbocycles. The fourth-order valence-electron chi connectivity index (χ4n) is 1.81. The first-order valence-corrected chi connectivity index (χ1v) is 8.03. The van der Waals surface area contributed by atoms with Gasteiger partial charge < -0.3 is 5.32 Å². The SMILES string of the molecule is CC(Sc1nnnn1C(C)(C)C)C(=O)NCc1ccccc1. The van der Waals surface area contributed by atoms with Gasteiger partial charge in [-0.2, -0.15) is 0 Å². The number of aromatic nitrogens is 4. The number of nitrogens with one attached hydrogen (secondary N) is 1. The minimum absolute atomic E-state index is 0.0303. The lowest BCUT2D eigenvalue weighted by Crippen LogP contribution is -2.31. The number of hydrogen-bond acceptors (Lipinski definition) is 5. The van der Waals surface area contributed by atoms with Crippen molar-refractivity contribution in [3.63, 3.8) is 0 Å². The Labute approximate surface area is 134 Å². The van der Waals surface area contributed by atoms with Gasteiger partial charge in [-0.15, -0.1) is 5.10 Å². The van der Waals surface area contributed by atoms with Crippen LogP contribution in [0.1, 0.15) is 33.3 Å². The van der Waals surface area contributed by atoms with Gasteiger partial charge in [0, 0.05) is 6.54 Å². The van der Waals surface area contributed by atoms with Gasteiger partial charge >= 0.3 is 0 Å². The van der Waals surface area contributed by atoms with E-state index in [9.17, 15) is 4.79 Å². The van der Waals surface area contributed by atoms with E-state index in [1.165, 1.54) is 11.8 Å². The van der Waals surface area contributed by atoms with Crippen LogP contribution < -0.4 is 5.32 Å². The number of carbonyl (C=O) groups is 1. The van der Waals surface area contributed by atoms with Crippen LogP contribution in [0.2, 0.25) is 0 Å². The summed E-state index contributed by atoms with van der Waals surface area (Å²) in [5.41, 5.74) is 0.860. The lowest BCUT2D eigenvalue weighted by atomic mass is 10.1. The molecule has 22 heavy (non-hydrogen) atoms. The minimum atomic E-state index is -0.268. The molecule has 1 amide bonds. The fourth-order valence-corrected chi connectivity index (χ4v) is 2.81. The zero-order chi connectivity index (χ0) is 16.2. The topological polar surface area (TPSA) is 72.7 Å². The summed E-state index contributed by atoms with van der Waals surface area (Å²) in [6, 6.07) is 9.83. The molecule has 0 aliphatic rings. The molecule has 0 radical (unpaired) electrons. The van der Waals surface area contributed by atoms with Crippen molar-refractivity contribution in [3.05, 3.63) is 35.9 Å². The number of tetrazole rings is 1. The maximum Gasteiger partial charge on any atom is 0.233 e. The van der Waals surface area contributed by atoms with Gasteiger partial charge in [0.2, 0.25) is 11.1 Å². The van der Waals surface area contributed by atoms with Crippen LogP contribution in [0.3, 0.4) is 0 Å². The highest BCUT2D eigenvalue weighted by Gasteiger charge is 2.23. The summed E-state index contributed by atoms with van der Waals surface area (Å²) in [5.74, 6) is -0.0303. The summed E-state index contributed by atoms with van der Waals surface area (Å²) in [6.07, 6.45) is 0. The Bertz CT molecular complexity index is 620. The predicted molar refractivity (Wildman–Crippen MR) is 86.4 cm³/mol. The summed E-state index contributed by atoms with van der Waals surface area (Å²) in [4.78, 5) is 12.2. The van der Waals surface area contributed by atoms with E-state index >= 15 is 0 Å². The quantitative estimate of drug-likeness (QED) is 0.856. The molecular formula is C15H21N5OS. The van der Waals surface area contributed by atoms with Gasteiger partial charge in [0.1, 0.15) is 0 Å². The van der Waals surface area contributed by atoms with Gasteiger partial charge in [-0.1, -0.05) is 42.1 Å². The molecule has 6 nitrogen and oxygen atoms in total. The molecule has 2 aromatic rings. The van der Waals surface area contributed by atoms with E-state index in [2.05, 4.69) is 20.8 Å². The third-order valence-corrected chi connectivity index (χ3v) is 4.07. The molecule has 1 N–H and O–H groups in total. The van der Waals surface area contributed by atoms with Gasteiger partial charge in [0.25, 0.3) is 0 Å². The summed E-state index contributed by atoms with van der Waals surface area (Å²) >= 11 is 1.36. The predicted octanol–water partition coefficient (Wildman–Crippen LogP) is 2.23. The number of rotatable bonds is 5. The van der Waals surface area contributed by atoms with Crippen molar-refractivity contribution < 1.29 is 4.79 Å². The van der Waals surface area contributed by atoms with Crippen LogP contribution in [0, 0.1) is 0 Å². The molecule has 2 rings (SSSR count). The van der Waals surface area contributed by atoms with Crippen molar-refractivity contribution >= 4 is 17.7 Å². The third-order valence-electron chi connectivity index (χ3n) is 3.04. The van der Waals surface area contributed by atoms with Gasteiger partial charge in [-0.3, -0.25) is 4.79 Å². The number of hydrogen-bond donors (Lipinski definition) is 1. The third kappa shape index (κ3) is 4.30. The Balaban J connectivity index is 1.93. The first kappa shape index (κ1) is 16.5. The largest absolute Gasteiger partial charge is 0.351 e. The maximum atomic E-state index is 12.2. The number of amides is 1. The second kappa shape index (κ2) is 6.91. The second-order valence-electron chi connectivity index (χ2n) is 6.01. The van der Waals surface area contributed by atoms with Crippen molar-refractivity contribution in [3.8, 4) is 0 Å². The van der Waals surface area contributed by atoms with Crippen molar-refractivity contribution in [2.45, 2.75) is 50.2 Å². The summed E-state index contributed by atoms with van der Waals surface area (Å²) in [7, 11) is 0. The molecule has 0 saturated carbocycles. The lowest BCUT2D eigenvalue weighted by molar-refractivity contribution is -0.120. The average Bonchev–Trinajstić information content (AvgIpc) is 2.94. The summed E-state index contributed by atoms with van der Waals surface area (Å²) < 4.78 is 1.73. The van der Waals surface area contributed by atoms with E-state index < -0.39 is 0 Å². The Morgan fingerprint density at radius 3 is 2.64 bits per heavy atom. The van der Waals surface area contributed by atoms with Gasteiger partial charge in [0.05, 0.1) is 10.8 Å². The normalized spacial score (nSPS) is 12.9. The molecule has 0 aliphatic heterocycles. The molecule has 0 bridgehead atoms. The number of thioether (sulfide) groups is 1. The highest BCUT2D eigenvalue weighted by molar-refractivity contribution is 8.00. The molecule has 1 aromatic heterocycles. The Morgan fingerprint density at radius 1 is 1.32 bits per heavy atom. The van der Waals surface area contributed by atoms with Crippen molar-refractivity contribution in [2.75, 3.05) is 0 Å². The molecular weight excluding hydrogens is 298 g/mol. The number of carbonyl (C=O) groups excluding carboxylic acids is 1. The van der Waals surface area contributed by atoms with Crippen LogP contribution in [0.15, 0.2) is 35.5 Å². The van der Waals surface area contributed by atoms with E-state index in [1.54, 1.807) is 4.68 Å². The molecule has 1 aromatic carbocycles. The first-order valence-electron chi connectivity index (χ1n) is 7.15. The van der Waals surface area contributed by atoms with Crippen LogP contribution in [0.4, 0.5) is 0 Å². The van der Waals surface area contributed by atoms with E-state index in [0.29, 0.717) is 11.7 Å². The van der Waals surface area contributed by atoms with Crippen LogP contribution >= 0.6 is 11.8 Å². The van der Waals surface area contributed by atoms with Crippen LogP contribution in [-0.4, -0.2) is 31.4 Å². The summed E-state index contributed by atoms with van der Waals surface area (Å²) in [5, 5.41) is 15.0. The van der Waals surface area contributed by atoms with Gasteiger partial charge in [-0.25, -0.2) is 4.68 Å². The van der Waals surface area contributed by atoms with Crippen molar-refractivity contribution in [1.29, 1.82) is 0 Å². The minimum Gasteiger partial charge on any atom is -0.351 e. The van der Waals surface area contributed by atoms with E-state index in [4.69, 9.17) is 0 Å². The smallest absolute Gasteiger partial charge is 0.233 e. The standard InChI is InChI=1S/C15H21N5OS/c1-11(13(21)16-10-12-8-6-5-7-9-12)22-14-17-18-19-20(14)15(2,3)4/h5-9,11H,10H2,1-4H3,(H,16,21).